The van der Waals surface area contributed by atoms with Gasteiger partial charge in [-0.2, -0.15) is 10.1 Å². The van der Waals surface area contributed by atoms with Gasteiger partial charge in [0.2, 0.25) is 0 Å². The molecule has 16 nitrogen and oxygen atoms in total. The van der Waals surface area contributed by atoms with E-state index in [-0.39, 0.29) is 33.4 Å². The fourth-order valence-corrected chi connectivity index (χ4v) is 7.97. The van der Waals surface area contributed by atoms with Gasteiger partial charge in [-0.15, -0.1) is 0 Å². The van der Waals surface area contributed by atoms with Crippen molar-refractivity contribution in [1.82, 2.24) is 16.3 Å². The van der Waals surface area contributed by atoms with Crippen molar-refractivity contribution in [2.75, 3.05) is 10.6 Å². The number of phenolic OH excluding ortho intramolecular Hbond substituents is 1. The SMILES string of the molecule is O=C(N/N=C/c1cc(Br)c(O)c(Br)c1)C(Nc1ccc2ccccc2c1)C(=O)NNC(=S)Nc1ccc(/C=C/c2ccc(N=C=S)cc2S(=O)(=O)[O-])c(S(=O)(=O)[O-])c1. The van der Waals surface area contributed by atoms with E-state index in [9.17, 15) is 40.6 Å². The van der Waals surface area contributed by atoms with Crippen molar-refractivity contribution in [3.05, 3.63) is 117 Å². The number of aromatic hydroxyl groups is 1. The van der Waals surface area contributed by atoms with E-state index < -0.39 is 47.9 Å². The van der Waals surface area contributed by atoms with Gasteiger partial charge in [0.15, 0.2) is 11.2 Å². The lowest BCUT2D eigenvalue weighted by Gasteiger charge is -2.20. The average Bonchev–Trinajstić information content (AvgIpc) is 3.17. The van der Waals surface area contributed by atoms with Crippen LogP contribution >= 0.6 is 56.3 Å². The second-order valence-corrected chi connectivity index (χ2v) is 16.7. The van der Waals surface area contributed by atoms with Crippen LogP contribution in [0, 0.1) is 0 Å². The number of thiocarbonyl (C=S) groups is 2. The highest BCUT2D eigenvalue weighted by atomic mass is 79.9. The van der Waals surface area contributed by atoms with Crippen LogP contribution in [0.3, 0.4) is 0 Å². The summed E-state index contributed by atoms with van der Waals surface area (Å²) in [6.45, 7) is 0. The molecule has 5 aromatic carbocycles. The highest BCUT2D eigenvalue weighted by Gasteiger charge is 2.27. The second-order valence-electron chi connectivity index (χ2n) is 11.7. The Morgan fingerprint density at radius 2 is 1.38 bits per heavy atom. The molecule has 0 saturated carbocycles. The van der Waals surface area contributed by atoms with Gasteiger partial charge in [0.25, 0.3) is 11.8 Å². The monoisotopic (exact) mass is 985 g/mol. The number of hydrazine groups is 1. The van der Waals surface area contributed by atoms with Gasteiger partial charge >= 0.3 is 0 Å². The number of nitrogens with zero attached hydrogens (tertiary/aromatic N) is 2. The van der Waals surface area contributed by atoms with Crippen LogP contribution in [0.4, 0.5) is 17.1 Å². The van der Waals surface area contributed by atoms with Gasteiger partial charge in [0.1, 0.15) is 26.0 Å². The Morgan fingerprint density at radius 1 is 0.776 bits per heavy atom. The number of isothiocyanates is 1. The molecule has 5 aromatic rings. The van der Waals surface area contributed by atoms with Gasteiger partial charge in [-0.05, 0) is 132 Å². The molecule has 5 rings (SSSR count). The number of carbonyl (C=O) groups excluding carboxylic acids is 2. The summed E-state index contributed by atoms with van der Waals surface area (Å²) in [6, 6.07) is 21.2. The first-order valence-electron chi connectivity index (χ1n) is 16.0. The van der Waals surface area contributed by atoms with Crippen LogP contribution in [0.1, 0.15) is 16.7 Å². The van der Waals surface area contributed by atoms with E-state index >= 15 is 0 Å². The molecular weight excluding hydrogens is 963 g/mol. The topological polar surface area (TPSA) is 254 Å². The lowest BCUT2D eigenvalue weighted by Crippen LogP contribution is -2.54. The predicted octanol–water partition coefficient (Wildman–Crippen LogP) is 5.73. The molecule has 0 aliphatic carbocycles. The molecule has 2 amide bonds. The summed E-state index contributed by atoms with van der Waals surface area (Å²) in [5.41, 5.74) is 7.66. The fourth-order valence-electron chi connectivity index (χ4n) is 5.09. The molecule has 0 spiro atoms. The molecular formula is C36H25Br2N7O9S4-2. The van der Waals surface area contributed by atoms with E-state index in [1.807, 2.05) is 24.3 Å². The molecule has 22 heteroatoms. The molecule has 0 fully saturated rings. The third-order valence-corrected chi connectivity index (χ3v) is 11.0. The molecule has 58 heavy (non-hydrogen) atoms. The van der Waals surface area contributed by atoms with Crippen LogP contribution in [-0.4, -0.2) is 65.4 Å². The van der Waals surface area contributed by atoms with E-state index in [1.165, 1.54) is 30.5 Å². The number of phenols is 1. The zero-order valence-electron chi connectivity index (χ0n) is 29.0. The summed E-state index contributed by atoms with van der Waals surface area (Å²) < 4.78 is 73.2. The maximum atomic E-state index is 13.5. The van der Waals surface area contributed by atoms with E-state index in [0.29, 0.717) is 20.2 Å². The van der Waals surface area contributed by atoms with Crippen LogP contribution in [-0.2, 0) is 29.8 Å². The molecule has 0 aliphatic rings. The Balaban J connectivity index is 1.32. The number of anilines is 2. The molecule has 0 heterocycles. The Bertz CT molecular complexity index is 2780. The predicted molar refractivity (Wildman–Crippen MR) is 231 cm³/mol. The van der Waals surface area contributed by atoms with Gasteiger partial charge in [0, 0.05) is 11.4 Å². The minimum absolute atomic E-state index is 0.0195. The maximum Gasteiger partial charge on any atom is 0.272 e. The van der Waals surface area contributed by atoms with Crippen molar-refractivity contribution in [2.45, 2.75) is 15.8 Å². The number of amides is 2. The van der Waals surface area contributed by atoms with Crippen molar-refractivity contribution in [1.29, 1.82) is 0 Å². The lowest BCUT2D eigenvalue weighted by atomic mass is 10.1. The van der Waals surface area contributed by atoms with Crippen LogP contribution in [0.25, 0.3) is 22.9 Å². The van der Waals surface area contributed by atoms with Crippen LogP contribution in [0.5, 0.6) is 5.75 Å². The summed E-state index contributed by atoms with van der Waals surface area (Å²) in [6.07, 6.45) is 3.54. The molecule has 0 bridgehead atoms. The van der Waals surface area contributed by atoms with Gasteiger partial charge in [-0.1, -0.05) is 54.6 Å². The van der Waals surface area contributed by atoms with Crippen molar-refractivity contribution in [3.63, 3.8) is 0 Å². The number of rotatable bonds is 12. The molecule has 0 aliphatic heterocycles. The Labute approximate surface area is 358 Å². The van der Waals surface area contributed by atoms with E-state index in [2.05, 4.69) is 86.2 Å². The van der Waals surface area contributed by atoms with Crippen molar-refractivity contribution in [2.24, 2.45) is 10.1 Å². The maximum absolute atomic E-state index is 13.5. The molecule has 0 radical (unpaired) electrons. The van der Waals surface area contributed by atoms with Gasteiger partial charge in [-0.25, -0.2) is 22.3 Å². The smallest absolute Gasteiger partial charge is 0.272 e. The third-order valence-electron chi connectivity index (χ3n) is 7.74. The molecule has 6 N–H and O–H groups in total. The van der Waals surface area contributed by atoms with Gasteiger partial charge in [-0.3, -0.25) is 20.4 Å². The molecule has 0 saturated heterocycles. The van der Waals surface area contributed by atoms with Crippen molar-refractivity contribution < 1.29 is 40.6 Å². The Morgan fingerprint density at radius 3 is 2.02 bits per heavy atom. The standard InChI is InChI=1S/C36H27Br2N7O9S4/c37-28-13-20(14-29(38)33(28)46)18-40-43-34(47)32(41-26-11-7-21-3-1-2-4-24(21)15-26)35(48)44-45-36(56)42-27-12-9-23(31(17-27)58(52,53)54)6-5-22-8-10-25(39-19-55)16-30(22)57(49,50)51/h1-18,32,41,46H,(H,43,47)(H,44,48)(H2,42,45,56)(H,49,50,51)(H,52,53,54)/p-2/b6-5+,40-18+. The Kier molecular flexibility index (Phi) is 14.2. The summed E-state index contributed by atoms with van der Waals surface area (Å²) in [4.78, 5) is 29.0. The average molecular weight is 988 g/mol. The minimum Gasteiger partial charge on any atom is -0.744 e. The Hall–Kier alpha value is -5.42. The van der Waals surface area contributed by atoms with Gasteiger partial charge < -0.3 is 24.8 Å². The number of carbonyl (C=O) groups is 2. The second kappa shape index (κ2) is 18.9. The van der Waals surface area contributed by atoms with E-state index in [1.54, 1.807) is 30.3 Å². The highest BCUT2D eigenvalue weighted by molar-refractivity contribution is 9.11. The summed E-state index contributed by atoms with van der Waals surface area (Å²) in [5, 5.41) is 22.9. The van der Waals surface area contributed by atoms with E-state index in [4.69, 9.17) is 12.2 Å². The third kappa shape index (κ3) is 11.6. The van der Waals surface area contributed by atoms with E-state index in [0.717, 1.165) is 35.1 Å². The number of hydrazone groups is 1. The first-order chi connectivity index (χ1) is 27.4. The first kappa shape index (κ1) is 43.7. The summed E-state index contributed by atoms with van der Waals surface area (Å²) in [7, 11) is -10.1. The number of aliphatic imine (C=N–C) groups is 1. The molecule has 298 valence electrons. The number of hydrogen-bond donors (Lipinski definition) is 6. The quantitative estimate of drug-likeness (QED) is 0.0218. The minimum atomic E-state index is -5.14. The lowest BCUT2D eigenvalue weighted by molar-refractivity contribution is -0.130. The van der Waals surface area contributed by atoms with Gasteiger partial charge in [0.05, 0.1) is 35.8 Å². The van der Waals surface area contributed by atoms with Crippen molar-refractivity contribution >= 4 is 145 Å². The zero-order chi connectivity index (χ0) is 42.2. The number of nitrogens with one attached hydrogen (secondary N) is 5. The number of benzene rings is 5. The van der Waals surface area contributed by atoms with Crippen molar-refractivity contribution in [3.8, 4) is 5.75 Å². The fraction of sp³-hybridized carbons (Fsp3) is 0.0278. The molecule has 1 atom stereocenters. The van der Waals surface area contributed by atoms with Crippen LogP contribution in [0.15, 0.2) is 120 Å². The number of hydrogen-bond acceptors (Lipinski definition) is 14. The molecule has 1 unspecified atom stereocenters. The largest absolute Gasteiger partial charge is 0.744 e. The molecule has 0 aromatic heterocycles. The number of halogens is 2. The van der Waals surface area contributed by atoms with Crippen LogP contribution < -0.4 is 26.9 Å². The first-order valence-corrected chi connectivity index (χ1v) is 21.2. The highest BCUT2D eigenvalue weighted by Crippen LogP contribution is 2.33. The number of fused-ring (bicyclic) bond motifs is 1. The summed E-state index contributed by atoms with van der Waals surface area (Å²) in [5.74, 6) is -1.84. The summed E-state index contributed by atoms with van der Waals surface area (Å²) >= 11 is 16.2. The normalized spacial score (nSPS) is 12.1. The van der Waals surface area contributed by atoms with Crippen LogP contribution in [0.2, 0.25) is 0 Å². The zero-order valence-corrected chi connectivity index (χ0v) is 35.4.